The molecule has 1 aromatic rings. The average Bonchev–Trinajstić information content (AvgIpc) is 2.38. The number of hydrogen-bond donors (Lipinski definition) is 2. The number of ether oxygens (including phenoxy) is 1. The van der Waals surface area contributed by atoms with Crippen LogP contribution in [0.5, 0.6) is 0 Å². The van der Waals surface area contributed by atoms with Crippen LogP contribution in [-0.4, -0.2) is 44.1 Å². The van der Waals surface area contributed by atoms with Gasteiger partial charge in [0.1, 0.15) is 11.4 Å². The van der Waals surface area contributed by atoms with Gasteiger partial charge in [-0.1, -0.05) is 0 Å². The molecule has 0 spiro atoms. The fourth-order valence-corrected chi connectivity index (χ4v) is 1.51. The number of likely N-dealkylation sites (N-methyl/N-ethyl adjacent to an activating group) is 2. The molecule has 0 saturated carbocycles. The molecule has 1 heterocycles. The first kappa shape index (κ1) is 14.7. The molecule has 0 aromatic carbocycles. The zero-order chi connectivity index (χ0) is 14.4. The Kier molecular flexibility index (Phi) is 5.11. The first-order valence-electron chi connectivity index (χ1n) is 5.84. The molecule has 0 saturated heterocycles. The van der Waals surface area contributed by atoms with E-state index in [4.69, 9.17) is 10.5 Å². The van der Waals surface area contributed by atoms with E-state index in [0.717, 1.165) is 0 Å². The van der Waals surface area contributed by atoms with Gasteiger partial charge in [-0.25, -0.2) is 9.78 Å². The van der Waals surface area contributed by atoms with E-state index in [1.54, 1.807) is 25.9 Å². The number of nitrogens with zero attached hydrogens (tertiary/aromatic N) is 2. The van der Waals surface area contributed by atoms with Gasteiger partial charge in [-0.2, -0.15) is 0 Å². The molecule has 7 heteroatoms. The van der Waals surface area contributed by atoms with E-state index in [1.165, 1.54) is 12.3 Å². The number of nitrogen functional groups attached to an aromatic ring is 1. The van der Waals surface area contributed by atoms with Crippen LogP contribution in [0.25, 0.3) is 0 Å². The summed E-state index contributed by atoms with van der Waals surface area (Å²) in [5.41, 5.74) is 6.23. The molecule has 1 rings (SSSR count). The fourth-order valence-electron chi connectivity index (χ4n) is 1.51. The monoisotopic (exact) mass is 266 g/mol. The van der Waals surface area contributed by atoms with Gasteiger partial charge >= 0.3 is 5.97 Å². The van der Waals surface area contributed by atoms with Crippen molar-refractivity contribution in [3.63, 3.8) is 0 Å². The molecule has 0 aliphatic carbocycles. The normalized spacial score (nSPS) is 9.84. The maximum Gasteiger partial charge on any atom is 0.341 e. The van der Waals surface area contributed by atoms with Crippen molar-refractivity contribution in [2.45, 2.75) is 6.92 Å². The summed E-state index contributed by atoms with van der Waals surface area (Å²) in [4.78, 5) is 28.8. The smallest absolute Gasteiger partial charge is 0.341 e. The van der Waals surface area contributed by atoms with Crippen LogP contribution in [0.3, 0.4) is 0 Å². The average molecular weight is 266 g/mol. The summed E-state index contributed by atoms with van der Waals surface area (Å²) in [5.74, 6) is -0.340. The molecule has 1 amide bonds. The van der Waals surface area contributed by atoms with Crippen molar-refractivity contribution in [1.29, 1.82) is 0 Å². The number of carbonyl (C=O) groups excluding carboxylic acids is 2. The lowest BCUT2D eigenvalue weighted by Gasteiger charge is -2.19. The molecular weight excluding hydrogens is 248 g/mol. The number of aromatic nitrogens is 1. The predicted octanol–water partition coefficient (Wildman–Crippen LogP) is 0.0227. The topological polar surface area (TPSA) is 97.6 Å². The van der Waals surface area contributed by atoms with Crippen molar-refractivity contribution in [3.8, 4) is 0 Å². The Bertz CT molecular complexity index is 476. The van der Waals surface area contributed by atoms with Crippen LogP contribution in [0.4, 0.5) is 11.5 Å². The number of carbonyl (C=O) groups is 2. The van der Waals surface area contributed by atoms with E-state index >= 15 is 0 Å². The number of amides is 1. The highest BCUT2D eigenvalue weighted by Crippen LogP contribution is 2.19. The second-order valence-corrected chi connectivity index (χ2v) is 3.89. The third-order valence-corrected chi connectivity index (χ3v) is 2.40. The number of pyridine rings is 1. The summed E-state index contributed by atoms with van der Waals surface area (Å²) in [6.45, 7) is 2.05. The van der Waals surface area contributed by atoms with Crippen LogP contribution in [0, 0.1) is 0 Å². The number of esters is 1. The van der Waals surface area contributed by atoms with Gasteiger partial charge in [-0.3, -0.25) is 4.79 Å². The zero-order valence-corrected chi connectivity index (χ0v) is 11.3. The molecule has 104 valence electrons. The quantitative estimate of drug-likeness (QED) is 0.729. The van der Waals surface area contributed by atoms with E-state index in [1.807, 2.05) is 0 Å². The summed E-state index contributed by atoms with van der Waals surface area (Å²) >= 11 is 0. The Labute approximate surface area is 111 Å². The van der Waals surface area contributed by atoms with Gasteiger partial charge in [0.05, 0.1) is 25.0 Å². The Balaban J connectivity index is 3.05. The fraction of sp³-hybridized carbons (Fsp3) is 0.417. The van der Waals surface area contributed by atoms with Gasteiger partial charge in [0, 0.05) is 14.1 Å². The van der Waals surface area contributed by atoms with Crippen molar-refractivity contribution >= 4 is 23.4 Å². The number of anilines is 2. The van der Waals surface area contributed by atoms with Crippen LogP contribution in [0.1, 0.15) is 17.3 Å². The Morgan fingerprint density at radius 3 is 2.79 bits per heavy atom. The lowest BCUT2D eigenvalue weighted by molar-refractivity contribution is -0.119. The summed E-state index contributed by atoms with van der Waals surface area (Å²) in [6.07, 6.45) is 1.43. The first-order valence-corrected chi connectivity index (χ1v) is 5.84. The molecule has 0 aliphatic rings. The molecular formula is C12H18N4O3. The standard InChI is InChI=1S/C12H18N4O3/c1-4-19-12(18)9-5-8(13)6-15-11(9)16(3)7-10(17)14-2/h5-6H,4,7,13H2,1-3H3,(H,14,17). The van der Waals surface area contributed by atoms with Gasteiger partial charge in [0.25, 0.3) is 0 Å². The molecule has 0 bridgehead atoms. The molecule has 0 fully saturated rings. The summed E-state index contributed by atoms with van der Waals surface area (Å²) in [6, 6.07) is 1.49. The molecule has 0 unspecified atom stereocenters. The van der Waals surface area contributed by atoms with Crippen molar-refractivity contribution in [2.75, 3.05) is 37.9 Å². The third-order valence-electron chi connectivity index (χ3n) is 2.40. The van der Waals surface area contributed by atoms with Gasteiger partial charge in [-0.05, 0) is 13.0 Å². The summed E-state index contributed by atoms with van der Waals surface area (Å²) in [5, 5.41) is 2.50. The first-order chi connectivity index (χ1) is 8.99. The van der Waals surface area contributed by atoms with Crippen LogP contribution in [-0.2, 0) is 9.53 Å². The Morgan fingerprint density at radius 1 is 1.53 bits per heavy atom. The third kappa shape index (κ3) is 3.84. The van der Waals surface area contributed by atoms with E-state index in [0.29, 0.717) is 11.5 Å². The molecule has 0 atom stereocenters. The minimum Gasteiger partial charge on any atom is -0.462 e. The van der Waals surface area contributed by atoms with Gasteiger partial charge < -0.3 is 20.7 Å². The summed E-state index contributed by atoms with van der Waals surface area (Å²) < 4.78 is 4.94. The molecule has 3 N–H and O–H groups in total. The largest absolute Gasteiger partial charge is 0.462 e. The maximum atomic E-state index is 11.8. The van der Waals surface area contributed by atoms with Crippen LogP contribution in [0.15, 0.2) is 12.3 Å². The molecule has 1 aromatic heterocycles. The SMILES string of the molecule is CCOC(=O)c1cc(N)cnc1N(C)CC(=O)NC. The molecule has 7 nitrogen and oxygen atoms in total. The van der Waals surface area contributed by atoms with E-state index < -0.39 is 5.97 Å². The van der Waals surface area contributed by atoms with Crippen LogP contribution >= 0.6 is 0 Å². The molecule has 0 aliphatic heterocycles. The van der Waals surface area contributed by atoms with Crippen molar-refractivity contribution in [1.82, 2.24) is 10.3 Å². The summed E-state index contributed by atoms with van der Waals surface area (Å²) in [7, 11) is 3.20. The predicted molar refractivity (Wildman–Crippen MR) is 71.9 cm³/mol. The minimum atomic E-state index is -0.513. The van der Waals surface area contributed by atoms with Crippen molar-refractivity contribution in [2.24, 2.45) is 0 Å². The number of hydrogen-bond acceptors (Lipinski definition) is 6. The van der Waals surface area contributed by atoms with Gasteiger partial charge in [0.2, 0.25) is 5.91 Å². The Morgan fingerprint density at radius 2 is 2.21 bits per heavy atom. The van der Waals surface area contributed by atoms with E-state index in [9.17, 15) is 9.59 Å². The van der Waals surface area contributed by atoms with Crippen molar-refractivity contribution in [3.05, 3.63) is 17.8 Å². The number of rotatable bonds is 5. The van der Waals surface area contributed by atoms with E-state index in [-0.39, 0.29) is 24.6 Å². The highest BCUT2D eigenvalue weighted by molar-refractivity contribution is 5.96. The lowest BCUT2D eigenvalue weighted by atomic mass is 10.2. The molecule has 19 heavy (non-hydrogen) atoms. The maximum absolute atomic E-state index is 11.8. The number of nitrogens with one attached hydrogen (secondary N) is 1. The van der Waals surface area contributed by atoms with Gasteiger partial charge in [0.15, 0.2) is 0 Å². The van der Waals surface area contributed by atoms with Crippen LogP contribution in [0.2, 0.25) is 0 Å². The van der Waals surface area contributed by atoms with Gasteiger partial charge in [-0.15, -0.1) is 0 Å². The Hall–Kier alpha value is -2.31. The van der Waals surface area contributed by atoms with Crippen molar-refractivity contribution < 1.29 is 14.3 Å². The highest BCUT2D eigenvalue weighted by Gasteiger charge is 2.18. The second-order valence-electron chi connectivity index (χ2n) is 3.89. The zero-order valence-electron chi connectivity index (χ0n) is 11.3. The second kappa shape index (κ2) is 6.58. The molecule has 0 radical (unpaired) electrons. The number of nitrogens with two attached hydrogens (primary N) is 1. The van der Waals surface area contributed by atoms with E-state index in [2.05, 4.69) is 10.3 Å². The highest BCUT2D eigenvalue weighted by atomic mass is 16.5. The minimum absolute atomic E-state index is 0.0832. The lowest BCUT2D eigenvalue weighted by Crippen LogP contribution is -2.34. The van der Waals surface area contributed by atoms with Crippen LogP contribution < -0.4 is 16.0 Å².